The predicted molar refractivity (Wildman–Crippen MR) is 129 cm³/mol. The van der Waals surface area contributed by atoms with Gasteiger partial charge in [-0.15, -0.1) is 11.3 Å². The fraction of sp³-hybridized carbons (Fsp3) is 0.435. The summed E-state index contributed by atoms with van der Waals surface area (Å²) in [7, 11) is 0. The molecule has 1 amide bonds. The highest BCUT2D eigenvalue weighted by Gasteiger charge is 2.24. The highest BCUT2D eigenvalue weighted by atomic mass is 32.1. The van der Waals surface area contributed by atoms with Crippen molar-refractivity contribution < 1.29 is 9.53 Å². The first-order valence-electron chi connectivity index (χ1n) is 10.9. The van der Waals surface area contributed by atoms with Crippen LogP contribution in [0.1, 0.15) is 37.9 Å². The van der Waals surface area contributed by atoms with Crippen molar-refractivity contribution in [3.8, 4) is 10.7 Å². The zero-order valence-corrected chi connectivity index (χ0v) is 20.2. The lowest BCUT2D eigenvalue weighted by Crippen LogP contribution is -2.45. The van der Waals surface area contributed by atoms with Crippen molar-refractivity contribution in [1.82, 2.24) is 25.0 Å². The van der Waals surface area contributed by atoms with Gasteiger partial charge in [0.05, 0.1) is 17.1 Å². The number of thiophene rings is 1. The Bertz CT molecular complexity index is 1100. The molecule has 32 heavy (non-hydrogen) atoms. The number of carbonyl (C=O) groups excluding carboxylic acids is 1. The van der Waals surface area contributed by atoms with E-state index in [4.69, 9.17) is 17.0 Å². The minimum absolute atomic E-state index is 0.0938. The molecule has 0 radical (unpaired) electrons. The lowest BCUT2D eigenvalue weighted by atomic mass is 10.1. The topological polar surface area (TPSA) is 75.2 Å². The molecule has 3 unspecified atom stereocenters. The first-order valence-corrected chi connectivity index (χ1v) is 12.1. The molecule has 9 heteroatoms. The lowest BCUT2D eigenvalue weighted by molar-refractivity contribution is -0.124. The number of nitrogens with one attached hydrogen (secondary N) is 2. The average Bonchev–Trinajstić information content (AvgIpc) is 3.41. The smallest absolute Gasteiger partial charge is 0.243 e. The van der Waals surface area contributed by atoms with Crippen LogP contribution in [-0.2, 0) is 22.6 Å². The molecule has 1 aliphatic heterocycles. The molecule has 1 saturated heterocycles. The number of hydrogen-bond donors (Lipinski definition) is 2. The number of nitrogens with zero attached hydrogens (tertiary/aromatic N) is 3. The van der Waals surface area contributed by atoms with Crippen LogP contribution in [0.15, 0.2) is 41.8 Å². The molecule has 0 aliphatic carbocycles. The Hall–Kier alpha value is -2.33. The number of morpholine rings is 1. The lowest BCUT2D eigenvalue weighted by Gasteiger charge is -2.35. The Balaban J connectivity index is 1.44. The van der Waals surface area contributed by atoms with Gasteiger partial charge in [-0.25, -0.2) is 0 Å². The van der Waals surface area contributed by atoms with Gasteiger partial charge in [0.2, 0.25) is 5.91 Å². The van der Waals surface area contributed by atoms with E-state index in [2.05, 4.69) is 52.5 Å². The summed E-state index contributed by atoms with van der Waals surface area (Å²) in [5.41, 5.74) is 2.34. The van der Waals surface area contributed by atoms with Crippen LogP contribution in [0.3, 0.4) is 0 Å². The van der Waals surface area contributed by atoms with Crippen molar-refractivity contribution >= 4 is 29.5 Å². The van der Waals surface area contributed by atoms with Crippen LogP contribution in [0, 0.1) is 4.77 Å². The summed E-state index contributed by atoms with van der Waals surface area (Å²) in [6, 6.07) is 11.7. The van der Waals surface area contributed by atoms with Crippen molar-refractivity contribution in [1.29, 1.82) is 0 Å². The number of carbonyl (C=O) groups is 1. The van der Waals surface area contributed by atoms with Gasteiger partial charge in [0.15, 0.2) is 10.6 Å². The molecule has 0 spiro atoms. The largest absolute Gasteiger partial charge is 0.373 e. The van der Waals surface area contributed by atoms with Gasteiger partial charge in [0.25, 0.3) is 0 Å². The van der Waals surface area contributed by atoms with Gasteiger partial charge in [-0.05, 0) is 55.6 Å². The first kappa shape index (κ1) is 22.8. The molecule has 1 aromatic carbocycles. The van der Waals surface area contributed by atoms with Crippen LogP contribution in [0.5, 0.6) is 0 Å². The van der Waals surface area contributed by atoms with E-state index in [-0.39, 0.29) is 18.1 Å². The van der Waals surface area contributed by atoms with Crippen molar-refractivity contribution in [2.45, 2.75) is 52.1 Å². The molecule has 1 aliphatic rings. The van der Waals surface area contributed by atoms with Crippen molar-refractivity contribution in [3.05, 3.63) is 57.7 Å². The Labute approximate surface area is 197 Å². The second-order valence-corrected chi connectivity index (χ2v) is 9.65. The van der Waals surface area contributed by atoms with E-state index in [0.717, 1.165) is 30.1 Å². The minimum atomic E-state index is -0.480. The van der Waals surface area contributed by atoms with Crippen molar-refractivity contribution in [2.24, 2.45) is 0 Å². The summed E-state index contributed by atoms with van der Waals surface area (Å²) in [5, 5.41) is 12.2. The summed E-state index contributed by atoms with van der Waals surface area (Å²) < 4.78 is 8.07. The zero-order valence-electron chi connectivity index (χ0n) is 18.6. The molecule has 2 N–H and O–H groups in total. The Morgan fingerprint density at radius 2 is 1.97 bits per heavy atom. The molecular weight excluding hydrogens is 442 g/mol. The van der Waals surface area contributed by atoms with Crippen molar-refractivity contribution in [2.75, 3.05) is 13.1 Å². The Morgan fingerprint density at radius 1 is 1.25 bits per heavy atom. The van der Waals surface area contributed by atoms with Gasteiger partial charge in [-0.3, -0.25) is 19.4 Å². The van der Waals surface area contributed by atoms with E-state index in [9.17, 15) is 4.79 Å². The summed E-state index contributed by atoms with van der Waals surface area (Å²) in [6.45, 7) is 9.20. The number of benzene rings is 1. The molecule has 170 valence electrons. The van der Waals surface area contributed by atoms with Crippen molar-refractivity contribution in [3.63, 3.8) is 0 Å². The second kappa shape index (κ2) is 10.1. The average molecular weight is 472 g/mol. The number of rotatable bonds is 7. The number of ether oxygens (including phenoxy) is 1. The summed E-state index contributed by atoms with van der Waals surface area (Å²) in [4.78, 5) is 16.4. The van der Waals surface area contributed by atoms with Crippen LogP contribution in [0.25, 0.3) is 10.7 Å². The van der Waals surface area contributed by atoms with Crippen LogP contribution < -0.4 is 5.32 Å². The minimum Gasteiger partial charge on any atom is -0.373 e. The van der Waals surface area contributed by atoms with E-state index in [1.165, 1.54) is 5.56 Å². The van der Waals surface area contributed by atoms with E-state index in [0.29, 0.717) is 17.1 Å². The van der Waals surface area contributed by atoms with Gasteiger partial charge in [0.1, 0.15) is 6.04 Å². The van der Waals surface area contributed by atoms with Gasteiger partial charge in [-0.1, -0.05) is 30.3 Å². The fourth-order valence-electron chi connectivity index (χ4n) is 4.23. The van der Waals surface area contributed by atoms with E-state index in [1.807, 2.05) is 30.5 Å². The predicted octanol–water partition coefficient (Wildman–Crippen LogP) is 4.16. The van der Waals surface area contributed by atoms with Crippen LogP contribution in [0.4, 0.5) is 0 Å². The van der Waals surface area contributed by atoms with Crippen LogP contribution >= 0.6 is 23.6 Å². The third-order valence-corrected chi connectivity index (χ3v) is 6.83. The number of aromatic nitrogens is 3. The SMILES string of the molecule is CC1CN(Cc2ccccc2CNC(=O)C(C)n2c(-c3cccs3)n[nH]c2=S)CC(C)O1. The molecule has 3 aromatic rings. The van der Waals surface area contributed by atoms with Gasteiger partial charge >= 0.3 is 0 Å². The third-order valence-electron chi connectivity index (χ3n) is 5.67. The molecule has 7 nitrogen and oxygen atoms in total. The quantitative estimate of drug-likeness (QED) is 0.506. The zero-order chi connectivity index (χ0) is 22.7. The summed E-state index contributed by atoms with van der Waals surface area (Å²) in [6.07, 6.45) is 0.451. The van der Waals surface area contributed by atoms with E-state index in [1.54, 1.807) is 15.9 Å². The van der Waals surface area contributed by atoms with Crippen LogP contribution in [-0.4, -0.2) is 50.9 Å². The molecule has 2 aromatic heterocycles. The molecule has 0 saturated carbocycles. The molecule has 4 rings (SSSR count). The van der Waals surface area contributed by atoms with Crippen LogP contribution in [0.2, 0.25) is 0 Å². The Kier molecular flexibility index (Phi) is 7.20. The molecule has 0 bridgehead atoms. The molecule has 3 heterocycles. The number of amides is 1. The molecule has 1 fully saturated rings. The second-order valence-electron chi connectivity index (χ2n) is 8.31. The maximum atomic E-state index is 13.0. The number of hydrogen-bond acceptors (Lipinski definition) is 6. The van der Waals surface area contributed by atoms with E-state index >= 15 is 0 Å². The first-order chi connectivity index (χ1) is 15.4. The highest BCUT2D eigenvalue weighted by molar-refractivity contribution is 7.71. The summed E-state index contributed by atoms with van der Waals surface area (Å²) in [5.74, 6) is 0.590. The van der Waals surface area contributed by atoms with E-state index < -0.39 is 6.04 Å². The highest BCUT2D eigenvalue weighted by Crippen LogP contribution is 2.25. The van der Waals surface area contributed by atoms with Gasteiger partial charge < -0.3 is 10.1 Å². The monoisotopic (exact) mass is 471 g/mol. The standard InChI is InChI=1S/C23H29N5O2S2/c1-15-12-27(13-16(2)30-15)14-19-8-5-4-7-18(19)11-24-22(29)17(3)28-21(25-26-23(28)31)20-9-6-10-32-20/h4-10,15-17H,11-14H2,1-3H3,(H,24,29)(H,26,31). The fourth-order valence-corrected chi connectivity index (χ4v) is 5.23. The maximum absolute atomic E-state index is 13.0. The number of H-pyrrole nitrogens is 1. The third kappa shape index (κ3) is 5.17. The maximum Gasteiger partial charge on any atom is 0.243 e. The van der Waals surface area contributed by atoms with Gasteiger partial charge in [0, 0.05) is 26.2 Å². The molecule has 3 atom stereocenters. The summed E-state index contributed by atoms with van der Waals surface area (Å²) >= 11 is 6.97. The van der Waals surface area contributed by atoms with Gasteiger partial charge in [-0.2, -0.15) is 5.10 Å². The Morgan fingerprint density at radius 3 is 2.66 bits per heavy atom. The number of aromatic amines is 1. The molecular formula is C23H29N5O2S2. The normalized spacial score (nSPS) is 20.2.